The molecule has 0 radical (unpaired) electrons. The summed E-state index contributed by atoms with van der Waals surface area (Å²) in [5, 5.41) is 18.7. The summed E-state index contributed by atoms with van der Waals surface area (Å²) in [6.07, 6.45) is -0.682. The van der Waals surface area contributed by atoms with Gasteiger partial charge in [-0.05, 0) is 12.1 Å². The summed E-state index contributed by atoms with van der Waals surface area (Å²) in [6, 6.07) is 4.43. The van der Waals surface area contributed by atoms with Gasteiger partial charge in [-0.25, -0.2) is 0 Å². The van der Waals surface area contributed by atoms with E-state index < -0.39 is 12.1 Å². The van der Waals surface area contributed by atoms with Gasteiger partial charge in [0.05, 0.1) is 31.8 Å². The first-order valence-corrected chi connectivity index (χ1v) is 6.51. The Morgan fingerprint density at radius 3 is 2.86 bits per heavy atom. The first kappa shape index (κ1) is 15.1. The number of aliphatic carboxylic acids is 1. The number of morpholine rings is 1. The predicted octanol–water partition coefficient (Wildman–Crippen LogP) is 0.716. The zero-order valence-electron chi connectivity index (χ0n) is 11.6. The topological polar surface area (TPSA) is 96.3 Å². The van der Waals surface area contributed by atoms with Crippen LogP contribution in [0, 0.1) is 0 Å². The quantitative estimate of drug-likeness (QED) is 0.849. The maximum Gasteiger partial charge on any atom is 0.306 e. The highest BCUT2D eigenvalue weighted by molar-refractivity contribution is 5.97. The Morgan fingerprint density at radius 1 is 1.48 bits per heavy atom. The number of nitrogens with zero attached hydrogens (tertiary/aromatic N) is 1. The number of phenolic OH excluding ortho intramolecular Hbond substituents is 1. The van der Waals surface area contributed by atoms with E-state index in [4.69, 9.17) is 14.6 Å². The summed E-state index contributed by atoms with van der Waals surface area (Å²) in [6.45, 7) is 0.831. The van der Waals surface area contributed by atoms with E-state index in [1.807, 2.05) is 0 Å². The van der Waals surface area contributed by atoms with Gasteiger partial charge in [0.15, 0.2) is 0 Å². The average molecular weight is 295 g/mol. The number of hydrogen-bond acceptors (Lipinski definition) is 5. The highest BCUT2D eigenvalue weighted by Gasteiger charge is 2.27. The van der Waals surface area contributed by atoms with Crippen molar-refractivity contribution in [3.05, 3.63) is 23.8 Å². The lowest BCUT2D eigenvalue weighted by Gasteiger charge is -2.32. The number of amides is 1. The summed E-state index contributed by atoms with van der Waals surface area (Å²) in [5.41, 5.74) is 0.159. The number of aromatic hydroxyl groups is 1. The predicted molar refractivity (Wildman–Crippen MR) is 72.6 cm³/mol. The second kappa shape index (κ2) is 6.45. The van der Waals surface area contributed by atoms with Crippen LogP contribution in [0.25, 0.3) is 0 Å². The van der Waals surface area contributed by atoms with Crippen molar-refractivity contribution in [2.45, 2.75) is 12.5 Å². The number of phenols is 1. The molecule has 1 amide bonds. The molecule has 0 bridgehead atoms. The number of ether oxygens (including phenoxy) is 2. The molecule has 114 valence electrons. The number of hydrogen-bond donors (Lipinski definition) is 2. The minimum Gasteiger partial charge on any atom is -0.507 e. The molecule has 21 heavy (non-hydrogen) atoms. The molecular weight excluding hydrogens is 278 g/mol. The minimum absolute atomic E-state index is 0.154. The molecule has 0 aliphatic carbocycles. The van der Waals surface area contributed by atoms with Crippen LogP contribution in [0.2, 0.25) is 0 Å². The van der Waals surface area contributed by atoms with E-state index >= 15 is 0 Å². The van der Waals surface area contributed by atoms with E-state index in [0.717, 1.165) is 0 Å². The third kappa shape index (κ3) is 3.63. The zero-order chi connectivity index (χ0) is 15.4. The first-order valence-electron chi connectivity index (χ1n) is 6.51. The van der Waals surface area contributed by atoms with Crippen LogP contribution in [0.1, 0.15) is 16.8 Å². The fourth-order valence-electron chi connectivity index (χ4n) is 2.21. The van der Waals surface area contributed by atoms with E-state index in [0.29, 0.717) is 12.3 Å². The van der Waals surface area contributed by atoms with Gasteiger partial charge in [-0.3, -0.25) is 9.59 Å². The van der Waals surface area contributed by atoms with Crippen LogP contribution in [0.15, 0.2) is 18.2 Å². The Labute approximate surface area is 121 Å². The highest BCUT2D eigenvalue weighted by atomic mass is 16.5. The Morgan fingerprint density at radius 2 is 2.24 bits per heavy atom. The molecule has 7 nitrogen and oxygen atoms in total. The first-order chi connectivity index (χ1) is 10.0. The van der Waals surface area contributed by atoms with Gasteiger partial charge in [-0.2, -0.15) is 0 Å². The van der Waals surface area contributed by atoms with E-state index in [1.165, 1.54) is 24.1 Å². The van der Waals surface area contributed by atoms with Crippen LogP contribution in [0.4, 0.5) is 0 Å². The maximum atomic E-state index is 12.4. The fourth-order valence-corrected chi connectivity index (χ4v) is 2.21. The van der Waals surface area contributed by atoms with Crippen LogP contribution < -0.4 is 4.74 Å². The zero-order valence-corrected chi connectivity index (χ0v) is 11.6. The summed E-state index contributed by atoms with van der Waals surface area (Å²) in [4.78, 5) is 24.6. The molecule has 0 saturated carbocycles. The lowest BCUT2D eigenvalue weighted by Crippen LogP contribution is -2.46. The molecule has 1 atom stereocenters. The molecule has 1 aliphatic rings. The normalized spacial score (nSPS) is 18.3. The van der Waals surface area contributed by atoms with Gasteiger partial charge in [0.1, 0.15) is 11.5 Å². The highest BCUT2D eigenvalue weighted by Crippen LogP contribution is 2.25. The SMILES string of the molecule is COc1ccc(C(=O)N2CCOC(CC(=O)O)C2)c(O)c1. The van der Waals surface area contributed by atoms with Crippen LogP contribution in [0.3, 0.4) is 0 Å². The Balaban J connectivity index is 2.10. The van der Waals surface area contributed by atoms with E-state index in [1.54, 1.807) is 6.07 Å². The van der Waals surface area contributed by atoms with Gasteiger partial charge in [0.2, 0.25) is 0 Å². The van der Waals surface area contributed by atoms with Crippen molar-refractivity contribution >= 4 is 11.9 Å². The van der Waals surface area contributed by atoms with E-state index in [9.17, 15) is 14.7 Å². The molecule has 1 aromatic carbocycles. The molecule has 0 spiro atoms. The molecule has 1 fully saturated rings. The van der Waals surface area contributed by atoms with Crippen LogP contribution >= 0.6 is 0 Å². The number of carboxylic acids is 1. The molecule has 1 saturated heterocycles. The minimum atomic E-state index is -0.971. The monoisotopic (exact) mass is 295 g/mol. The van der Waals surface area contributed by atoms with E-state index in [2.05, 4.69) is 0 Å². The third-order valence-electron chi connectivity index (χ3n) is 3.26. The van der Waals surface area contributed by atoms with Crippen LogP contribution in [-0.4, -0.2) is 59.9 Å². The van der Waals surface area contributed by atoms with Crippen molar-refractivity contribution < 1.29 is 29.3 Å². The third-order valence-corrected chi connectivity index (χ3v) is 3.26. The molecule has 1 unspecified atom stereocenters. The number of carbonyl (C=O) groups excluding carboxylic acids is 1. The summed E-state index contributed by atoms with van der Waals surface area (Å²) in [7, 11) is 1.47. The Bertz CT molecular complexity index is 544. The largest absolute Gasteiger partial charge is 0.507 e. The molecule has 1 heterocycles. The van der Waals surface area contributed by atoms with Crippen molar-refractivity contribution in [3.8, 4) is 11.5 Å². The van der Waals surface area contributed by atoms with Crippen molar-refractivity contribution in [2.24, 2.45) is 0 Å². The lowest BCUT2D eigenvalue weighted by atomic mass is 10.1. The lowest BCUT2D eigenvalue weighted by molar-refractivity contribution is -0.141. The number of methoxy groups -OCH3 is 1. The molecule has 0 aromatic heterocycles. The van der Waals surface area contributed by atoms with Crippen molar-refractivity contribution in [1.29, 1.82) is 0 Å². The summed E-state index contributed by atoms with van der Waals surface area (Å²) >= 11 is 0. The fraction of sp³-hybridized carbons (Fsp3) is 0.429. The molecule has 7 heteroatoms. The molecule has 1 aliphatic heterocycles. The second-order valence-electron chi connectivity index (χ2n) is 4.72. The Kier molecular flexibility index (Phi) is 4.64. The van der Waals surface area contributed by atoms with Crippen molar-refractivity contribution in [2.75, 3.05) is 26.8 Å². The smallest absolute Gasteiger partial charge is 0.306 e. The van der Waals surface area contributed by atoms with Gasteiger partial charge < -0.3 is 24.6 Å². The Hall–Kier alpha value is -2.28. The molecule has 2 N–H and O–H groups in total. The number of carbonyl (C=O) groups is 2. The number of benzene rings is 1. The molecule has 2 rings (SSSR count). The van der Waals surface area contributed by atoms with Gasteiger partial charge >= 0.3 is 5.97 Å². The number of rotatable bonds is 4. The molecular formula is C14H17NO6. The summed E-state index contributed by atoms with van der Waals surface area (Å²) < 4.78 is 10.3. The summed E-state index contributed by atoms with van der Waals surface area (Å²) in [5.74, 6) is -1.04. The van der Waals surface area contributed by atoms with Gasteiger partial charge in [0, 0.05) is 19.2 Å². The molecule has 1 aromatic rings. The van der Waals surface area contributed by atoms with Crippen molar-refractivity contribution in [1.82, 2.24) is 4.90 Å². The van der Waals surface area contributed by atoms with Gasteiger partial charge in [0.25, 0.3) is 5.91 Å². The van der Waals surface area contributed by atoms with Gasteiger partial charge in [-0.1, -0.05) is 0 Å². The number of carboxylic acid groups (broad SMARTS) is 1. The van der Waals surface area contributed by atoms with Gasteiger partial charge in [-0.15, -0.1) is 0 Å². The van der Waals surface area contributed by atoms with Crippen LogP contribution in [0.5, 0.6) is 11.5 Å². The second-order valence-corrected chi connectivity index (χ2v) is 4.72. The standard InChI is InChI=1S/C14H17NO6/c1-20-9-2-3-11(12(16)6-9)14(19)15-4-5-21-10(8-15)7-13(17)18/h2-3,6,10,16H,4-5,7-8H2,1H3,(H,17,18). The maximum absolute atomic E-state index is 12.4. The van der Waals surface area contributed by atoms with Crippen LogP contribution in [-0.2, 0) is 9.53 Å². The average Bonchev–Trinajstić information content (AvgIpc) is 2.46. The van der Waals surface area contributed by atoms with E-state index in [-0.39, 0.29) is 36.8 Å². The van der Waals surface area contributed by atoms with Crippen molar-refractivity contribution in [3.63, 3.8) is 0 Å².